The molecule has 4 heteroatoms. The minimum absolute atomic E-state index is 0.0144. The van der Waals surface area contributed by atoms with Gasteiger partial charge in [-0.15, -0.1) is 0 Å². The van der Waals surface area contributed by atoms with Gasteiger partial charge in [0.1, 0.15) is 0 Å². The smallest absolute Gasteiger partial charge is 0.309 e. The number of aliphatic hydroxyl groups excluding tert-OH is 2. The number of cyclic esters (lactones) is 1. The first kappa shape index (κ1) is 18.2. The lowest BCUT2D eigenvalue weighted by molar-refractivity contribution is -0.173. The van der Waals surface area contributed by atoms with Crippen molar-refractivity contribution in [1.82, 2.24) is 0 Å². The van der Waals surface area contributed by atoms with Gasteiger partial charge in [0.15, 0.2) is 0 Å². The molecule has 1 saturated heterocycles. The van der Waals surface area contributed by atoms with Gasteiger partial charge in [-0.25, -0.2) is 0 Å². The molecule has 3 fully saturated rings. The fourth-order valence-corrected chi connectivity index (χ4v) is 6.33. The van der Waals surface area contributed by atoms with E-state index in [4.69, 9.17) is 4.74 Å². The van der Waals surface area contributed by atoms with Gasteiger partial charge in [0.05, 0.1) is 25.2 Å². The Morgan fingerprint density at radius 2 is 1.92 bits per heavy atom. The van der Waals surface area contributed by atoms with Crippen molar-refractivity contribution in [2.45, 2.75) is 71.8 Å². The molecule has 1 aliphatic heterocycles. The molecule has 0 bridgehead atoms. The molecule has 1 heterocycles. The summed E-state index contributed by atoms with van der Waals surface area (Å²) in [5.74, 6) is 1.62. The van der Waals surface area contributed by atoms with E-state index in [9.17, 15) is 15.0 Å². The van der Waals surface area contributed by atoms with Crippen LogP contribution in [-0.2, 0) is 9.53 Å². The van der Waals surface area contributed by atoms with E-state index in [1.165, 1.54) is 0 Å². The highest BCUT2D eigenvalue weighted by atomic mass is 16.5. The molecule has 7 atom stereocenters. The van der Waals surface area contributed by atoms with Gasteiger partial charge < -0.3 is 14.9 Å². The summed E-state index contributed by atoms with van der Waals surface area (Å²) in [6.07, 6.45) is 6.50. The third-order valence-electron chi connectivity index (χ3n) is 7.97. The zero-order chi connectivity index (χ0) is 17.5. The Morgan fingerprint density at radius 3 is 2.54 bits per heavy atom. The Hall–Kier alpha value is -0.610. The molecule has 2 saturated carbocycles. The average Bonchev–Trinajstić information content (AvgIpc) is 2.96. The maximum atomic E-state index is 11.8. The lowest BCUT2D eigenvalue weighted by atomic mass is 9.45. The van der Waals surface area contributed by atoms with Crippen LogP contribution >= 0.6 is 0 Å². The number of hydrogen-bond acceptors (Lipinski definition) is 4. The van der Waals surface area contributed by atoms with E-state index in [-0.39, 0.29) is 23.9 Å². The molecule has 0 amide bonds. The topological polar surface area (TPSA) is 66.8 Å². The maximum Gasteiger partial charge on any atom is 0.309 e. The Kier molecular flexibility index (Phi) is 5.00. The summed E-state index contributed by atoms with van der Waals surface area (Å²) in [6.45, 7) is 7.44. The van der Waals surface area contributed by atoms with Gasteiger partial charge in [-0.3, -0.25) is 4.79 Å². The van der Waals surface area contributed by atoms with Crippen molar-refractivity contribution in [2.75, 3.05) is 13.2 Å². The van der Waals surface area contributed by atoms with Crippen molar-refractivity contribution < 1.29 is 19.7 Å². The second kappa shape index (κ2) is 6.60. The molecule has 24 heavy (non-hydrogen) atoms. The molecule has 0 aromatic carbocycles. The fourth-order valence-electron chi connectivity index (χ4n) is 6.33. The first-order valence-corrected chi connectivity index (χ1v) is 9.78. The number of fused-ring (bicyclic) bond motifs is 1. The zero-order valence-electron chi connectivity index (χ0n) is 15.5. The molecule has 2 aliphatic carbocycles. The lowest BCUT2D eigenvalue weighted by Gasteiger charge is -2.61. The normalized spacial score (nSPS) is 48.9. The second-order valence-electron chi connectivity index (χ2n) is 9.17. The van der Waals surface area contributed by atoms with Crippen molar-refractivity contribution in [3.8, 4) is 0 Å². The minimum Gasteiger partial charge on any atom is -0.465 e. The molecular formula is C20H34O4. The highest BCUT2D eigenvalue weighted by Gasteiger charge is 2.58. The Balaban J connectivity index is 1.78. The van der Waals surface area contributed by atoms with Gasteiger partial charge >= 0.3 is 5.97 Å². The van der Waals surface area contributed by atoms with Gasteiger partial charge in [0, 0.05) is 5.41 Å². The van der Waals surface area contributed by atoms with Gasteiger partial charge in [0.2, 0.25) is 0 Å². The number of ether oxygens (including phenoxy) is 1. The molecular weight excluding hydrogens is 304 g/mol. The van der Waals surface area contributed by atoms with E-state index in [2.05, 4.69) is 20.8 Å². The molecule has 3 rings (SSSR count). The number of hydrogen-bond donors (Lipinski definition) is 2. The van der Waals surface area contributed by atoms with Crippen LogP contribution in [-0.4, -0.2) is 35.5 Å². The number of esters is 1. The average molecular weight is 338 g/mol. The fraction of sp³-hybridized carbons (Fsp3) is 0.950. The molecule has 0 radical (unpaired) electrons. The Labute approximate surface area is 146 Å². The zero-order valence-corrected chi connectivity index (χ0v) is 15.5. The van der Waals surface area contributed by atoms with Crippen LogP contribution in [0.1, 0.15) is 65.7 Å². The predicted octanol–water partition coefficient (Wildman–Crippen LogP) is 3.15. The summed E-state index contributed by atoms with van der Waals surface area (Å²) in [5, 5.41) is 20.6. The first-order valence-electron chi connectivity index (χ1n) is 9.78. The first-order chi connectivity index (χ1) is 11.3. The third-order valence-corrected chi connectivity index (χ3v) is 7.97. The van der Waals surface area contributed by atoms with E-state index in [1.807, 2.05) is 0 Å². The SMILES string of the molecule is CC1CC[C@@H]2[C@](C)(CO)[C@H](O)CC[C@@]2(C)[C@@H]1CCC1CCOC1=O. The van der Waals surface area contributed by atoms with Crippen LogP contribution in [0.3, 0.4) is 0 Å². The third kappa shape index (κ3) is 2.80. The second-order valence-corrected chi connectivity index (χ2v) is 9.17. The number of carbonyl (C=O) groups excluding carboxylic acids is 1. The standard InChI is InChI=1S/C20H34O4/c1-13-4-7-16-19(2,10-8-17(22)20(16,3)12-21)15(13)6-5-14-9-11-24-18(14)23/h13-17,21-22H,4-12H2,1-3H3/t13?,14?,15-,16+,17-,19+,20+/m1/s1. The highest BCUT2D eigenvalue weighted by molar-refractivity contribution is 5.74. The van der Waals surface area contributed by atoms with Gasteiger partial charge in [-0.05, 0) is 61.7 Å². The van der Waals surface area contributed by atoms with Crippen molar-refractivity contribution in [3.63, 3.8) is 0 Å². The number of aliphatic hydroxyl groups is 2. The summed E-state index contributed by atoms with van der Waals surface area (Å²) >= 11 is 0. The highest BCUT2D eigenvalue weighted by Crippen LogP contribution is 2.62. The van der Waals surface area contributed by atoms with Crippen LogP contribution in [0.4, 0.5) is 0 Å². The van der Waals surface area contributed by atoms with E-state index < -0.39 is 11.5 Å². The van der Waals surface area contributed by atoms with Crippen LogP contribution in [0.5, 0.6) is 0 Å². The monoisotopic (exact) mass is 338 g/mol. The van der Waals surface area contributed by atoms with Gasteiger partial charge in [-0.1, -0.05) is 27.2 Å². The quantitative estimate of drug-likeness (QED) is 0.773. The molecule has 3 aliphatic rings. The number of rotatable bonds is 4. The summed E-state index contributed by atoms with van der Waals surface area (Å²) in [5.41, 5.74) is -0.242. The summed E-state index contributed by atoms with van der Waals surface area (Å²) in [4.78, 5) is 11.8. The van der Waals surface area contributed by atoms with Crippen molar-refractivity contribution in [1.29, 1.82) is 0 Å². The molecule has 138 valence electrons. The Bertz CT molecular complexity index is 478. The maximum absolute atomic E-state index is 11.8. The summed E-state index contributed by atoms with van der Waals surface area (Å²) < 4.78 is 5.12. The van der Waals surface area contributed by atoms with Crippen LogP contribution in [0, 0.1) is 34.5 Å². The van der Waals surface area contributed by atoms with E-state index in [1.54, 1.807) is 0 Å². The van der Waals surface area contributed by atoms with E-state index in [0.29, 0.717) is 24.4 Å². The van der Waals surface area contributed by atoms with Crippen molar-refractivity contribution >= 4 is 5.97 Å². The van der Waals surface area contributed by atoms with Crippen LogP contribution in [0.15, 0.2) is 0 Å². The Morgan fingerprint density at radius 1 is 1.17 bits per heavy atom. The van der Waals surface area contributed by atoms with E-state index in [0.717, 1.165) is 44.9 Å². The number of carbonyl (C=O) groups is 1. The molecule has 0 aromatic rings. The lowest BCUT2D eigenvalue weighted by Crippen LogP contribution is -2.58. The molecule has 2 unspecified atom stereocenters. The van der Waals surface area contributed by atoms with Gasteiger partial charge in [0.25, 0.3) is 0 Å². The van der Waals surface area contributed by atoms with Crippen LogP contribution in [0.2, 0.25) is 0 Å². The minimum atomic E-state index is -0.403. The summed E-state index contributed by atoms with van der Waals surface area (Å²) in [7, 11) is 0. The molecule has 0 aromatic heterocycles. The summed E-state index contributed by atoms with van der Waals surface area (Å²) in [6, 6.07) is 0. The molecule has 4 nitrogen and oxygen atoms in total. The van der Waals surface area contributed by atoms with E-state index >= 15 is 0 Å². The molecule has 0 spiro atoms. The molecule has 2 N–H and O–H groups in total. The van der Waals surface area contributed by atoms with Crippen molar-refractivity contribution in [3.05, 3.63) is 0 Å². The van der Waals surface area contributed by atoms with Crippen LogP contribution < -0.4 is 0 Å². The predicted molar refractivity (Wildman–Crippen MR) is 92.2 cm³/mol. The van der Waals surface area contributed by atoms with Crippen molar-refractivity contribution in [2.24, 2.45) is 34.5 Å². The largest absolute Gasteiger partial charge is 0.465 e. The van der Waals surface area contributed by atoms with Gasteiger partial charge in [-0.2, -0.15) is 0 Å². The van der Waals surface area contributed by atoms with Crippen LogP contribution in [0.25, 0.3) is 0 Å².